The normalized spacial score (nSPS) is 23.1. The van der Waals surface area contributed by atoms with Gasteiger partial charge in [-0.2, -0.15) is 32.9 Å². The molecule has 5 atom stereocenters. The van der Waals surface area contributed by atoms with Crippen LogP contribution in [0.15, 0.2) is 106 Å². The molecule has 2 saturated carbocycles. The molecule has 4 aromatic heterocycles. The second-order valence-electron chi connectivity index (χ2n) is 16.2. The third-order valence-corrected chi connectivity index (χ3v) is 14.4. The van der Waals surface area contributed by atoms with Gasteiger partial charge in [-0.25, -0.2) is 18.1 Å². The number of benzene rings is 2. The highest BCUT2D eigenvalue weighted by atomic mass is 32.1. The van der Waals surface area contributed by atoms with Crippen molar-refractivity contribution >= 4 is 40.6 Å². The molecule has 0 amide bonds. The van der Waals surface area contributed by atoms with E-state index >= 15 is 0 Å². The number of ketones is 1. The van der Waals surface area contributed by atoms with Crippen LogP contribution in [0.25, 0.3) is 23.5 Å². The third-order valence-electron chi connectivity index (χ3n) is 13.0. The number of Topliss-reactive ketones (excluding diaryl/α,β-unsaturated/α-hetero) is 1. The number of nitrogens with zero attached hydrogens (tertiary/aromatic N) is 4. The molecule has 0 saturated heterocycles. The van der Waals surface area contributed by atoms with Gasteiger partial charge >= 0.3 is 0 Å². The molecule has 0 spiro atoms. The lowest BCUT2D eigenvalue weighted by Gasteiger charge is -2.47. The van der Waals surface area contributed by atoms with E-state index in [2.05, 4.69) is 41.6 Å². The van der Waals surface area contributed by atoms with E-state index in [0.717, 1.165) is 90.8 Å². The highest BCUT2D eigenvalue weighted by Crippen LogP contribution is 2.55. The Kier molecular flexibility index (Phi) is 13.0. The second kappa shape index (κ2) is 17.4. The molecule has 4 heterocycles. The van der Waals surface area contributed by atoms with Gasteiger partial charge in [-0.05, 0) is 168 Å². The second-order valence-corrected chi connectivity index (χ2v) is 17.8. The fourth-order valence-corrected chi connectivity index (χ4v) is 11.2. The van der Waals surface area contributed by atoms with Crippen LogP contribution in [0.5, 0.6) is 0 Å². The number of thiophene rings is 2. The molecule has 0 unspecified atom stereocenters. The summed E-state index contributed by atoms with van der Waals surface area (Å²) >= 11 is 3.21. The molecule has 6 aromatic rings. The highest BCUT2D eigenvalue weighted by molar-refractivity contribution is 7.08. The molecule has 59 heavy (non-hydrogen) atoms. The third kappa shape index (κ3) is 7.87. The first-order valence-electron chi connectivity index (χ1n) is 19.5. The van der Waals surface area contributed by atoms with Gasteiger partial charge in [-0.1, -0.05) is 47.3 Å². The van der Waals surface area contributed by atoms with Crippen molar-refractivity contribution in [3.8, 4) is 11.4 Å². The van der Waals surface area contributed by atoms with Crippen LogP contribution in [0, 0.1) is 34.3 Å². The van der Waals surface area contributed by atoms with Crippen LogP contribution in [0.1, 0.15) is 119 Å². The van der Waals surface area contributed by atoms with Gasteiger partial charge in [0.15, 0.2) is 5.78 Å². The average molecular weight is 835 g/mol. The first-order valence-corrected chi connectivity index (χ1v) is 21.4. The standard InChI is InChI=1S/C23H23FN2OS.C23H21FN2OS.3CH4/c2*1-23-12-16-13-25-26(19-7-5-18(24)6-8-19)21(16)11-17(23)3-2-4-20(23)22(27)15-9-10-28-14-15;;;/h5-11,13-14,20,22,27H,2-4,12H2,1H3;5-11,13-14,20H,2-4,12H2,1H3;3*1H4/t20-,22+,23+;20-,23+;;;/m11.../s1. The molecular formula is C49H56F2N4O2S2. The quantitative estimate of drug-likeness (QED) is 0.170. The molecule has 4 aliphatic carbocycles. The van der Waals surface area contributed by atoms with Crippen molar-refractivity contribution in [2.24, 2.45) is 22.7 Å². The Hall–Kier alpha value is -4.77. The van der Waals surface area contributed by atoms with E-state index in [4.69, 9.17) is 0 Å². The molecule has 6 nitrogen and oxygen atoms in total. The number of allylic oxidation sites excluding steroid dienone is 2. The van der Waals surface area contributed by atoms with Gasteiger partial charge in [0.05, 0.1) is 41.3 Å². The summed E-state index contributed by atoms with van der Waals surface area (Å²) in [7, 11) is 0. The molecule has 1 N–H and O–H groups in total. The summed E-state index contributed by atoms with van der Waals surface area (Å²) in [5.41, 5.74) is 10.6. The lowest BCUT2D eigenvalue weighted by Crippen LogP contribution is -2.41. The number of hydrogen-bond donors (Lipinski definition) is 1. The summed E-state index contributed by atoms with van der Waals surface area (Å²) in [6.45, 7) is 4.54. The predicted molar refractivity (Wildman–Crippen MR) is 239 cm³/mol. The summed E-state index contributed by atoms with van der Waals surface area (Å²) in [6, 6.07) is 16.9. The van der Waals surface area contributed by atoms with Gasteiger partial charge in [0.1, 0.15) is 11.6 Å². The fourth-order valence-electron chi connectivity index (χ4n) is 9.90. The zero-order valence-corrected chi connectivity index (χ0v) is 33.1. The minimum absolute atomic E-state index is 0. The molecule has 0 bridgehead atoms. The number of carbonyl (C=O) groups is 1. The van der Waals surface area contributed by atoms with Crippen molar-refractivity contribution in [2.45, 2.75) is 93.6 Å². The van der Waals surface area contributed by atoms with Crippen LogP contribution in [0.4, 0.5) is 8.78 Å². The number of aromatic nitrogens is 4. The zero-order valence-electron chi connectivity index (χ0n) is 31.5. The van der Waals surface area contributed by atoms with Crippen molar-refractivity contribution < 1.29 is 18.7 Å². The number of halogens is 2. The first kappa shape index (κ1) is 43.8. The van der Waals surface area contributed by atoms with E-state index in [9.17, 15) is 18.7 Å². The van der Waals surface area contributed by atoms with Crippen molar-refractivity contribution in [3.05, 3.63) is 151 Å². The van der Waals surface area contributed by atoms with Gasteiger partial charge in [0.2, 0.25) is 0 Å². The Morgan fingerprint density at radius 2 is 1.24 bits per heavy atom. The average Bonchev–Trinajstić information content (AvgIpc) is 4.04. The summed E-state index contributed by atoms with van der Waals surface area (Å²) in [5.74, 6) is -0.0245. The molecule has 4 aliphatic rings. The summed E-state index contributed by atoms with van der Waals surface area (Å²) in [5, 5.41) is 28.3. The molecule has 10 rings (SSSR count). The predicted octanol–water partition coefficient (Wildman–Crippen LogP) is 13.2. The number of fused-ring (bicyclic) bond motifs is 4. The monoisotopic (exact) mass is 834 g/mol. The van der Waals surface area contributed by atoms with Crippen molar-refractivity contribution in [1.82, 2.24) is 19.6 Å². The number of aliphatic hydroxyl groups is 1. The molecule has 310 valence electrons. The van der Waals surface area contributed by atoms with Crippen LogP contribution < -0.4 is 0 Å². The smallest absolute Gasteiger partial charge is 0.167 e. The Labute approximate surface area is 356 Å². The lowest BCUT2D eigenvalue weighted by atomic mass is 9.58. The Balaban J connectivity index is 0.000000189. The van der Waals surface area contributed by atoms with Crippen molar-refractivity contribution in [3.63, 3.8) is 0 Å². The molecular weight excluding hydrogens is 779 g/mol. The van der Waals surface area contributed by atoms with Gasteiger partial charge < -0.3 is 5.11 Å². The minimum Gasteiger partial charge on any atom is -0.388 e. The molecule has 0 aliphatic heterocycles. The zero-order chi connectivity index (χ0) is 38.6. The van der Waals surface area contributed by atoms with Gasteiger partial charge in [-0.3, -0.25) is 4.79 Å². The van der Waals surface area contributed by atoms with Gasteiger partial charge in [-0.15, -0.1) is 0 Å². The fraction of sp³-hybridized carbons (Fsp3) is 0.367. The van der Waals surface area contributed by atoms with Crippen LogP contribution in [-0.2, 0) is 12.8 Å². The first-order chi connectivity index (χ1) is 27.1. The summed E-state index contributed by atoms with van der Waals surface area (Å²) in [6.07, 6.45) is 15.7. The van der Waals surface area contributed by atoms with E-state index in [-0.39, 0.29) is 62.4 Å². The van der Waals surface area contributed by atoms with Crippen molar-refractivity contribution in [2.75, 3.05) is 0 Å². The van der Waals surface area contributed by atoms with Crippen molar-refractivity contribution in [1.29, 1.82) is 0 Å². The van der Waals surface area contributed by atoms with Crippen LogP contribution >= 0.6 is 22.7 Å². The maximum atomic E-state index is 13.3. The number of aliphatic hydroxyl groups excluding tert-OH is 1. The van der Waals surface area contributed by atoms with E-state index in [1.807, 2.05) is 50.0 Å². The Bertz CT molecular complexity index is 2430. The summed E-state index contributed by atoms with van der Waals surface area (Å²) in [4.78, 5) is 13.2. The Morgan fingerprint density at radius 3 is 1.76 bits per heavy atom. The Morgan fingerprint density at radius 1 is 0.729 bits per heavy atom. The maximum absolute atomic E-state index is 13.3. The molecule has 2 fully saturated rings. The summed E-state index contributed by atoms with van der Waals surface area (Å²) < 4.78 is 30.4. The van der Waals surface area contributed by atoms with E-state index in [1.165, 1.54) is 41.0 Å². The van der Waals surface area contributed by atoms with E-state index < -0.39 is 6.10 Å². The van der Waals surface area contributed by atoms with Gasteiger partial charge in [0, 0.05) is 22.3 Å². The number of hydrogen-bond acceptors (Lipinski definition) is 6. The maximum Gasteiger partial charge on any atom is 0.167 e. The topological polar surface area (TPSA) is 72.9 Å². The minimum atomic E-state index is -0.436. The number of rotatable bonds is 6. The van der Waals surface area contributed by atoms with Crippen LogP contribution in [0.2, 0.25) is 0 Å². The molecule has 10 heteroatoms. The lowest BCUT2D eigenvalue weighted by molar-refractivity contribution is 0.0219. The highest BCUT2D eigenvalue weighted by Gasteiger charge is 2.48. The molecule has 2 aromatic carbocycles. The largest absolute Gasteiger partial charge is 0.388 e. The van der Waals surface area contributed by atoms with E-state index in [0.29, 0.717) is 0 Å². The SMILES string of the molecule is C.C.C.C[C@]12Cc3cnn(-c4ccc(F)cc4)c3C=C1CCC[C@@H]2C(=O)c1ccsc1.C[C@]12Cc3cnn(-c4ccc(F)cc4)c3C=C1CCC[C@@H]2[C@@H](O)c1ccsc1. The van der Waals surface area contributed by atoms with Crippen LogP contribution in [-0.4, -0.2) is 30.5 Å². The molecule has 0 radical (unpaired) electrons. The number of carbonyl (C=O) groups excluding carboxylic acids is 1. The van der Waals surface area contributed by atoms with E-state index in [1.54, 1.807) is 46.9 Å². The van der Waals surface area contributed by atoms with Crippen LogP contribution in [0.3, 0.4) is 0 Å². The van der Waals surface area contributed by atoms with Gasteiger partial charge in [0.25, 0.3) is 0 Å².